The summed E-state index contributed by atoms with van der Waals surface area (Å²) in [5.74, 6) is -1.93. The van der Waals surface area contributed by atoms with Gasteiger partial charge in [-0.05, 0) is 30.3 Å². The molecule has 0 amide bonds. The molecule has 0 aliphatic carbocycles. The van der Waals surface area contributed by atoms with Crippen molar-refractivity contribution in [2.24, 2.45) is 0 Å². The Hall–Kier alpha value is -1.92. The first-order valence-corrected chi connectivity index (χ1v) is 7.29. The van der Waals surface area contributed by atoms with Gasteiger partial charge in [0.1, 0.15) is 0 Å². The molecule has 0 aromatic heterocycles. The van der Waals surface area contributed by atoms with Crippen LogP contribution in [0.5, 0.6) is 0 Å². The van der Waals surface area contributed by atoms with E-state index < -0.39 is 11.9 Å². The molecule has 0 atom stereocenters. The predicted octanol–water partition coefficient (Wildman–Crippen LogP) is 3.70. The third-order valence-electron chi connectivity index (χ3n) is 2.83. The average molecular weight is 304 g/mol. The molecule has 6 heteroatoms. The van der Waals surface area contributed by atoms with E-state index in [0.717, 1.165) is 14.7 Å². The molecule has 20 heavy (non-hydrogen) atoms. The van der Waals surface area contributed by atoms with E-state index in [1.54, 1.807) is 24.3 Å². The molecule has 2 aromatic rings. The van der Waals surface area contributed by atoms with E-state index in [1.807, 2.05) is 6.07 Å². The van der Waals surface area contributed by atoms with Crippen LogP contribution in [0.3, 0.4) is 0 Å². The highest BCUT2D eigenvalue weighted by molar-refractivity contribution is 8.05. The summed E-state index contributed by atoms with van der Waals surface area (Å²) in [6, 6.07) is 9.98. The first-order valence-electron chi connectivity index (χ1n) is 5.65. The molecule has 3 rings (SSSR count). The lowest BCUT2D eigenvalue weighted by molar-refractivity contribution is 0.0684. The summed E-state index contributed by atoms with van der Waals surface area (Å²) in [5.41, 5.74) is 0.502. The highest BCUT2D eigenvalue weighted by Gasteiger charge is 2.23. The van der Waals surface area contributed by atoms with Crippen molar-refractivity contribution >= 4 is 35.5 Å². The molecule has 1 aliphatic heterocycles. The number of hydrogen-bond acceptors (Lipinski definition) is 4. The second-order valence-corrected chi connectivity index (χ2v) is 6.24. The van der Waals surface area contributed by atoms with Crippen LogP contribution in [0.25, 0.3) is 0 Å². The van der Waals surface area contributed by atoms with Gasteiger partial charge in [0.15, 0.2) is 0 Å². The van der Waals surface area contributed by atoms with Crippen LogP contribution in [0, 0.1) is 0 Å². The van der Waals surface area contributed by atoms with Gasteiger partial charge in [0.2, 0.25) is 0 Å². The molecule has 2 aromatic carbocycles. The van der Waals surface area contributed by atoms with Crippen molar-refractivity contribution in [2.75, 3.05) is 0 Å². The summed E-state index contributed by atoms with van der Waals surface area (Å²) in [7, 11) is 0. The molecule has 4 nitrogen and oxygen atoms in total. The normalized spacial score (nSPS) is 12.4. The third kappa shape index (κ3) is 2.17. The topological polar surface area (TPSA) is 74.6 Å². The van der Waals surface area contributed by atoms with Crippen LogP contribution in [-0.2, 0) is 0 Å². The van der Waals surface area contributed by atoms with Crippen molar-refractivity contribution in [3.8, 4) is 0 Å². The lowest BCUT2D eigenvalue weighted by Gasteiger charge is -2.19. The van der Waals surface area contributed by atoms with Crippen molar-refractivity contribution in [3.63, 3.8) is 0 Å². The zero-order chi connectivity index (χ0) is 14.3. The number of carboxylic acids is 2. The molecule has 1 aliphatic rings. The lowest BCUT2D eigenvalue weighted by atomic mass is 10.2. The largest absolute Gasteiger partial charge is 0.478 e. The van der Waals surface area contributed by atoms with E-state index in [4.69, 9.17) is 5.11 Å². The molecule has 0 radical (unpaired) electrons. The Morgan fingerprint density at radius 1 is 0.850 bits per heavy atom. The molecule has 0 fully saturated rings. The third-order valence-corrected chi connectivity index (χ3v) is 5.43. The smallest absolute Gasteiger partial charge is 0.336 e. The van der Waals surface area contributed by atoms with Crippen LogP contribution in [0.1, 0.15) is 20.7 Å². The van der Waals surface area contributed by atoms with Gasteiger partial charge in [0, 0.05) is 19.6 Å². The minimum absolute atomic E-state index is 0.231. The van der Waals surface area contributed by atoms with Crippen LogP contribution in [-0.4, -0.2) is 22.2 Å². The van der Waals surface area contributed by atoms with Crippen LogP contribution in [0.2, 0.25) is 0 Å². The minimum Gasteiger partial charge on any atom is -0.478 e. The van der Waals surface area contributed by atoms with Crippen molar-refractivity contribution in [2.45, 2.75) is 19.6 Å². The zero-order valence-corrected chi connectivity index (χ0v) is 11.6. The maximum Gasteiger partial charge on any atom is 0.336 e. The number of fused-ring (bicyclic) bond motifs is 2. The van der Waals surface area contributed by atoms with E-state index in [0.29, 0.717) is 4.90 Å². The predicted molar refractivity (Wildman–Crippen MR) is 75.0 cm³/mol. The lowest BCUT2D eigenvalue weighted by Crippen LogP contribution is -2.03. The van der Waals surface area contributed by atoms with E-state index in [2.05, 4.69) is 0 Å². The Kier molecular flexibility index (Phi) is 3.19. The maximum atomic E-state index is 11.2. The van der Waals surface area contributed by atoms with Gasteiger partial charge >= 0.3 is 11.9 Å². The quantitative estimate of drug-likeness (QED) is 0.752. The Labute approximate surface area is 122 Å². The van der Waals surface area contributed by atoms with Gasteiger partial charge in [-0.25, -0.2) is 9.59 Å². The number of benzene rings is 2. The Balaban J connectivity index is 2.08. The van der Waals surface area contributed by atoms with Gasteiger partial charge in [-0.15, -0.1) is 0 Å². The standard InChI is InChI=1S/C14H8O4S2/c15-13(16)7-4-5-9-11(6-7)19-10-3-1-2-8(14(17)18)12(10)20-9/h1-6H,(H,15,16)(H,17,18). The van der Waals surface area contributed by atoms with Crippen LogP contribution < -0.4 is 0 Å². The average Bonchev–Trinajstić information content (AvgIpc) is 2.43. The van der Waals surface area contributed by atoms with Crippen molar-refractivity contribution in [3.05, 3.63) is 47.5 Å². The first-order chi connectivity index (χ1) is 9.56. The van der Waals surface area contributed by atoms with Crippen LogP contribution in [0.4, 0.5) is 0 Å². The summed E-state index contributed by atoms with van der Waals surface area (Å²) in [4.78, 5) is 25.5. The molecular formula is C14H8O4S2. The fourth-order valence-corrected chi connectivity index (χ4v) is 4.29. The number of carboxylic acid groups (broad SMARTS) is 2. The van der Waals surface area contributed by atoms with E-state index in [1.165, 1.54) is 29.6 Å². The SMILES string of the molecule is O=C(O)c1ccc2c(c1)Sc1cccc(C(=O)O)c1S2. The maximum absolute atomic E-state index is 11.2. The number of aromatic carboxylic acids is 2. The highest BCUT2D eigenvalue weighted by Crippen LogP contribution is 2.49. The van der Waals surface area contributed by atoms with Crippen LogP contribution in [0.15, 0.2) is 56.0 Å². The molecule has 0 bridgehead atoms. The molecule has 100 valence electrons. The van der Waals surface area contributed by atoms with Gasteiger partial charge in [0.25, 0.3) is 0 Å². The molecule has 0 saturated carbocycles. The minimum atomic E-state index is -0.969. The van der Waals surface area contributed by atoms with Crippen molar-refractivity contribution in [1.29, 1.82) is 0 Å². The second kappa shape index (κ2) is 4.88. The summed E-state index contributed by atoms with van der Waals surface area (Å²) in [6.45, 7) is 0. The molecule has 1 heterocycles. The fraction of sp³-hybridized carbons (Fsp3) is 0. The van der Waals surface area contributed by atoms with Gasteiger partial charge in [-0.1, -0.05) is 29.6 Å². The molecule has 2 N–H and O–H groups in total. The molecule has 0 saturated heterocycles. The van der Waals surface area contributed by atoms with Gasteiger partial charge in [-0.3, -0.25) is 0 Å². The van der Waals surface area contributed by atoms with Gasteiger partial charge < -0.3 is 10.2 Å². The number of carbonyl (C=O) groups is 2. The Morgan fingerprint density at radius 3 is 2.35 bits per heavy atom. The van der Waals surface area contributed by atoms with Crippen molar-refractivity contribution in [1.82, 2.24) is 0 Å². The van der Waals surface area contributed by atoms with Gasteiger partial charge in [-0.2, -0.15) is 0 Å². The van der Waals surface area contributed by atoms with E-state index in [-0.39, 0.29) is 11.1 Å². The highest BCUT2D eigenvalue weighted by atomic mass is 32.2. The van der Waals surface area contributed by atoms with Gasteiger partial charge in [0.05, 0.1) is 11.1 Å². The Bertz CT molecular complexity index is 740. The molecule has 0 spiro atoms. The number of rotatable bonds is 2. The second-order valence-electron chi connectivity index (χ2n) is 4.11. The molecule has 0 unspecified atom stereocenters. The molecular weight excluding hydrogens is 296 g/mol. The summed E-state index contributed by atoms with van der Waals surface area (Å²) >= 11 is 2.76. The van der Waals surface area contributed by atoms with E-state index >= 15 is 0 Å². The Morgan fingerprint density at radius 2 is 1.65 bits per heavy atom. The zero-order valence-electron chi connectivity index (χ0n) is 9.99. The summed E-state index contributed by atoms with van der Waals surface area (Å²) in [6.07, 6.45) is 0. The fourth-order valence-electron chi connectivity index (χ4n) is 1.90. The van der Waals surface area contributed by atoms with Crippen LogP contribution >= 0.6 is 23.5 Å². The monoisotopic (exact) mass is 304 g/mol. The van der Waals surface area contributed by atoms with E-state index in [9.17, 15) is 14.7 Å². The summed E-state index contributed by atoms with van der Waals surface area (Å²) < 4.78 is 0. The number of hydrogen-bond donors (Lipinski definition) is 2. The first kappa shape index (κ1) is 13.1. The van der Waals surface area contributed by atoms with Crippen molar-refractivity contribution < 1.29 is 19.8 Å². The summed E-state index contributed by atoms with van der Waals surface area (Å²) in [5, 5.41) is 18.2.